The molecule has 5 N–H and O–H groups in total. The fraction of sp³-hybridized carbons (Fsp3) is 0.231. The predicted octanol–water partition coefficient (Wildman–Crippen LogP) is 2.73. The fourth-order valence-corrected chi connectivity index (χ4v) is 5.32. The van der Waals surface area contributed by atoms with Crippen LogP contribution in [0, 0.1) is 0 Å². The van der Waals surface area contributed by atoms with Gasteiger partial charge >= 0.3 is 0 Å². The van der Waals surface area contributed by atoms with Crippen LogP contribution in [0.25, 0.3) is 0 Å². The first kappa shape index (κ1) is 26.3. The van der Waals surface area contributed by atoms with E-state index in [0.29, 0.717) is 48.1 Å². The normalized spacial score (nSPS) is 14.8. The van der Waals surface area contributed by atoms with Gasteiger partial charge in [-0.15, -0.1) is 0 Å². The van der Waals surface area contributed by atoms with Crippen molar-refractivity contribution >= 4 is 50.3 Å². The number of nitrogens with two attached hydrogens (primary N) is 2. The van der Waals surface area contributed by atoms with Gasteiger partial charge in [-0.05, 0) is 42.0 Å². The number of amides is 2. The van der Waals surface area contributed by atoms with Crippen molar-refractivity contribution in [3.63, 3.8) is 0 Å². The maximum absolute atomic E-state index is 13.6. The third-order valence-electron chi connectivity index (χ3n) is 6.23. The number of benzene rings is 3. The van der Waals surface area contributed by atoms with E-state index in [-0.39, 0.29) is 22.1 Å². The number of nitrogen functional groups attached to an aromatic ring is 2. The molecule has 0 aromatic heterocycles. The third-order valence-corrected chi connectivity index (χ3v) is 7.70. The fourth-order valence-electron chi connectivity index (χ4n) is 4.27. The quantitative estimate of drug-likeness (QED) is 0.408. The van der Waals surface area contributed by atoms with Gasteiger partial charge in [-0.25, -0.2) is 8.42 Å². The Bertz CT molecular complexity index is 1420. The number of nitrogens with zero attached hydrogens (tertiary/aromatic N) is 2. The number of rotatable bonds is 6. The van der Waals surface area contributed by atoms with Crippen molar-refractivity contribution in [2.45, 2.75) is 10.9 Å². The van der Waals surface area contributed by atoms with Crippen molar-refractivity contribution in [1.29, 1.82) is 0 Å². The van der Waals surface area contributed by atoms with Gasteiger partial charge in [0.2, 0.25) is 5.91 Å². The SMILES string of the molecule is CS(=O)(=O)c1cc(N)ccc1N1CCN(C(=O)[C@H](NC(=O)c2ccc(Cl)c(N)c2)c2ccccc2)CC1. The molecule has 0 saturated carbocycles. The number of hydrogen-bond acceptors (Lipinski definition) is 7. The minimum atomic E-state index is -3.50. The van der Waals surface area contributed by atoms with Crippen LogP contribution in [0.5, 0.6) is 0 Å². The number of nitrogens with one attached hydrogen (secondary N) is 1. The molecule has 0 radical (unpaired) electrons. The minimum absolute atomic E-state index is 0.156. The summed E-state index contributed by atoms with van der Waals surface area (Å²) in [5.74, 6) is -0.717. The highest BCUT2D eigenvalue weighted by atomic mass is 35.5. The van der Waals surface area contributed by atoms with Gasteiger partial charge in [0, 0.05) is 43.7 Å². The molecule has 194 valence electrons. The minimum Gasteiger partial charge on any atom is -0.399 e. The Morgan fingerprint density at radius 2 is 1.62 bits per heavy atom. The topological polar surface area (TPSA) is 139 Å². The standard InChI is InChI=1S/C26H28ClN5O4S/c1-37(35,36)23-16-19(28)8-10-22(23)31-11-13-32(14-12-31)26(34)24(17-5-3-2-4-6-17)30-25(33)18-7-9-20(27)21(29)15-18/h2-10,15-16,24H,11-14,28-29H2,1H3,(H,30,33)/t24-/m1/s1. The molecule has 37 heavy (non-hydrogen) atoms. The van der Waals surface area contributed by atoms with Crippen molar-refractivity contribution in [2.75, 3.05) is 48.8 Å². The molecule has 1 saturated heterocycles. The molecule has 4 rings (SSSR count). The average molecular weight is 542 g/mol. The number of sulfone groups is 1. The Morgan fingerprint density at radius 3 is 2.24 bits per heavy atom. The first-order valence-electron chi connectivity index (χ1n) is 11.6. The van der Waals surface area contributed by atoms with E-state index in [0.717, 1.165) is 6.26 Å². The Balaban J connectivity index is 1.53. The van der Waals surface area contributed by atoms with E-state index in [1.165, 1.54) is 18.2 Å². The molecular formula is C26H28ClN5O4S. The molecule has 0 spiro atoms. The van der Waals surface area contributed by atoms with E-state index in [4.69, 9.17) is 23.1 Å². The molecule has 1 aliphatic rings. The monoisotopic (exact) mass is 541 g/mol. The van der Waals surface area contributed by atoms with E-state index >= 15 is 0 Å². The first-order valence-corrected chi connectivity index (χ1v) is 13.9. The van der Waals surface area contributed by atoms with Crippen LogP contribution >= 0.6 is 11.6 Å². The van der Waals surface area contributed by atoms with Gasteiger partial charge in [-0.2, -0.15) is 0 Å². The lowest BCUT2D eigenvalue weighted by atomic mass is 10.0. The molecule has 0 aliphatic carbocycles. The van der Waals surface area contributed by atoms with Crippen LogP contribution in [-0.2, 0) is 14.6 Å². The predicted molar refractivity (Wildman–Crippen MR) is 145 cm³/mol. The van der Waals surface area contributed by atoms with Gasteiger partial charge in [-0.1, -0.05) is 41.9 Å². The largest absolute Gasteiger partial charge is 0.399 e. The second-order valence-electron chi connectivity index (χ2n) is 8.87. The van der Waals surface area contributed by atoms with Crippen LogP contribution in [0.1, 0.15) is 22.0 Å². The molecule has 1 fully saturated rings. The van der Waals surface area contributed by atoms with Crippen molar-refractivity contribution in [1.82, 2.24) is 10.2 Å². The van der Waals surface area contributed by atoms with Gasteiger partial charge < -0.3 is 26.6 Å². The number of carbonyl (C=O) groups is 2. The molecule has 11 heteroatoms. The van der Waals surface area contributed by atoms with Crippen molar-refractivity contribution in [3.05, 3.63) is 82.9 Å². The highest BCUT2D eigenvalue weighted by Crippen LogP contribution is 2.29. The Hall–Kier alpha value is -3.76. The summed E-state index contributed by atoms with van der Waals surface area (Å²) in [5, 5.41) is 3.17. The van der Waals surface area contributed by atoms with Crippen molar-refractivity contribution in [2.24, 2.45) is 0 Å². The zero-order valence-electron chi connectivity index (χ0n) is 20.2. The van der Waals surface area contributed by atoms with Gasteiger partial charge in [0.1, 0.15) is 6.04 Å². The van der Waals surface area contributed by atoms with Crippen LogP contribution in [0.4, 0.5) is 17.1 Å². The number of halogens is 1. The number of carbonyl (C=O) groups excluding carboxylic acids is 2. The van der Waals surface area contributed by atoms with Gasteiger partial charge in [0.15, 0.2) is 9.84 Å². The van der Waals surface area contributed by atoms with Gasteiger partial charge in [-0.3, -0.25) is 9.59 Å². The molecule has 1 heterocycles. The summed E-state index contributed by atoms with van der Waals surface area (Å²) in [6, 6.07) is 17.4. The molecule has 1 aliphatic heterocycles. The highest BCUT2D eigenvalue weighted by molar-refractivity contribution is 7.90. The second kappa shape index (κ2) is 10.7. The summed E-state index contributed by atoms with van der Waals surface area (Å²) in [6.45, 7) is 1.53. The third kappa shape index (κ3) is 5.98. The van der Waals surface area contributed by atoms with Crippen LogP contribution in [0.15, 0.2) is 71.6 Å². The molecular weight excluding hydrogens is 514 g/mol. The van der Waals surface area contributed by atoms with E-state index < -0.39 is 21.8 Å². The zero-order valence-corrected chi connectivity index (χ0v) is 21.8. The molecule has 0 bridgehead atoms. The molecule has 9 nitrogen and oxygen atoms in total. The van der Waals surface area contributed by atoms with Crippen LogP contribution in [0.3, 0.4) is 0 Å². The summed E-state index contributed by atoms with van der Waals surface area (Å²) < 4.78 is 24.6. The first-order chi connectivity index (χ1) is 17.5. The molecule has 0 unspecified atom stereocenters. The van der Waals surface area contributed by atoms with Crippen LogP contribution in [-0.4, -0.2) is 57.6 Å². The zero-order chi connectivity index (χ0) is 26.7. The Morgan fingerprint density at radius 1 is 0.946 bits per heavy atom. The van der Waals surface area contributed by atoms with Crippen LogP contribution in [0.2, 0.25) is 5.02 Å². The number of anilines is 3. The van der Waals surface area contributed by atoms with E-state index in [9.17, 15) is 18.0 Å². The van der Waals surface area contributed by atoms with Crippen molar-refractivity contribution in [3.8, 4) is 0 Å². The summed E-state index contributed by atoms with van der Waals surface area (Å²) >= 11 is 5.98. The molecule has 3 aromatic rings. The lowest BCUT2D eigenvalue weighted by Gasteiger charge is -2.38. The van der Waals surface area contributed by atoms with Gasteiger partial charge in [0.05, 0.1) is 21.3 Å². The lowest BCUT2D eigenvalue weighted by molar-refractivity contribution is -0.133. The van der Waals surface area contributed by atoms with Gasteiger partial charge in [0.25, 0.3) is 5.91 Å². The maximum Gasteiger partial charge on any atom is 0.252 e. The molecule has 2 amide bonds. The lowest BCUT2D eigenvalue weighted by Crippen LogP contribution is -2.52. The van der Waals surface area contributed by atoms with E-state index in [1.807, 2.05) is 11.0 Å². The van der Waals surface area contributed by atoms with E-state index in [1.54, 1.807) is 47.4 Å². The summed E-state index contributed by atoms with van der Waals surface area (Å²) in [6.07, 6.45) is 1.15. The maximum atomic E-state index is 13.6. The number of piperazine rings is 1. The summed E-state index contributed by atoms with van der Waals surface area (Å²) in [5.41, 5.74) is 13.8. The summed E-state index contributed by atoms with van der Waals surface area (Å²) in [7, 11) is -3.50. The summed E-state index contributed by atoms with van der Waals surface area (Å²) in [4.78, 5) is 30.4. The average Bonchev–Trinajstić information content (AvgIpc) is 2.88. The van der Waals surface area contributed by atoms with E-state index in [2.05, 4.69) is 5.32 Å². The van der Waals surface area contributed by atoms with Crippen molar-refractivity contribution < 1.29 is 18.0 Å². The smallest absolute Gasteiger partial charge is 0.252 e. The second-order valence-corrected chi connectivity index (χ2v) is 11.3. The Kier molecular flexibility index (Phi) is 7.60. The highest BCUT2D eigenvalue weighted by Gasteiger charge is 2.31. The molecule has 3 aromatic carbocycles. The van der Waals surface area contributed by atoms with Crippen LogP contribution < -0.4 is 21.7 Å². The number of hydrogen-bond donors (Lipinski definition) is 3. The Labute approximate surface area is 220 Å². The molecule has 1 atom stereocenters.